The van der Waals surface area contributed by atoms with Crippen LogP contribution in [0.3, 0.4) is 0 Å². The first kappa shape index (κ1) is 19.3. The highest BCUT2D eigenvalue weighted by atomic mass is 16.3. The summed E-state index contributed by atoms with van der Waals surface area (Å²) in [5, 5.41) is 11.6. The Morgan fingerprint density at radius 2 is 1.82 bits per heavy atom. The van der Waals surface area contributed by atoms with Gasteiger partial charge in [0.15, 0.2) is 0 Å². The van der Waals surface area contributed by atoms with Crippen molar-refractivity contribution in [3.05, 3.63) is 42.1 Å². The van der Waals surface area contributed by atoms with Gasteiger partial charge < -0.3 is 14.9 Å². The molecular weight excluding hydrogens is 352 g/mol. The van der Waals surface area contributed by atoms with Crippen LogP contribution in [-0.4, -0.2) is 89.2 Å². The van der Waals surface area contributed by atoms with Crippen molar-refractivity contribution in [3.63, 3.8) is 0 Å². The van der Waals surface area contributed by atoms with Crippen LogP contribution in [0, 0.1) is 5.92 Å². The summed E-state index contributed by atoms with van der Waals surface area (Å²) in [7, 11) is 0. The highest BCUT2D eigenvalue weighted by Gasteiger charge is 2.34. The highest BCUT2D eigenvalue weighted by Crippen LogP contribution is 2.22. The van der Waals surface area contributed by atoms with E-state index in [1.165, 1.54) is 0 Å². The highest BCUT2D eigenvalue weighted by molar-refractivity contribution is 5.79. The first-order chi connectivity index (χ1) is 13.6. The number of para-hydroxylation sites is 1. The van der Waals surface area contributed by atoms with Crippen LogP contribution in [0.5, 0.6) is 0 Å². The molecule has 1 aromatic heterocycles. The van der Waals surface area contributed by atoms with E-state index in [4.69, 9.17) is 4.98 Å². The first-order valence-electron chi connectivity index (χ1n) is 10.4. The number of aliphatic hydroxyl groups is 1. The SMILES string of the molecule is CCN1CCN(CC(=O)N2C[C@@H](Cc3ccc4ccccc4n3)[C@H](O)C2)CC1. The zero-order chi connectivity index (χ0) is 19.5. The van der Waals surface area contributed by atoms with Gasteiger partial charge in [-0.25, -0.2) is 0 Å². The predicted octanol–water partition coefficient (Wildman–Crippen LogP) is 1.23. The Morgan fingerprint density at radius 3 is 2.61 bits per heavy atom. The number of nitrogens with zero attached hydrogens (tertiary/aromatic N) is 4. The van der Waals surface area contributed by atoms with E-state index in [-0.39, 0.29) is 11.8 Å². The summed E-state index contributed by atoms with van der Waals surface area (Å²) in [4.78, 5) is 23.9. The van der Waals surface area contributed by atoms with E-state index in [1.54, 1.807) is 0 Å². The molecule has 150 valence electrons. The molecule has 0 spiro atoms. The third-order valence-corrected chi connectivity index (χ3v) is 6.16. The van der Waals surface area contributed by atoms with Gasteiger partial charge in [0.25, 0.3) is 0 Å². The molecule has 6 nitrogen and oxygen atoms in total. The minimum absolute atomic E-state index is 0.0505. The number of aromatic nitrogens is 1. The van der Waals surface area contributed by atoms with Gasteiger partial charge in [-0.1, -0.05) is 31.2 Å². The molecule has 3 heterocycles. The van der Waals surface area contributed by atoms with Crippen molar-refractivity contribution in [1.29, 1.82) is 0 Å². The van der Waals surface area contributed by atoms with Gasteiger partial charge in [-0.15, -0.1) is 0 Å². The summed E-state index contributed by atoms with van der Waals surface area (Å²) in [5.74, 6) is 0.188. The van der Waals surface area contributed by atoms with Crippen LogP contribution in [0.25, 0.3) is 10.9 Å². The first-order valence-corrected chi connectivity index (χ1v) is 10.4. The maximum atomic E-state index is 12.7. The number of pyridine rings is 1. The van der Waals surface area contributed by atoms with Crippen LogP contribution in [0.1, 0.15) is 12.6 Å². The summed E-state index contributed by atoms with van der Waals surface area (Å²) >= 11 is 0. The summed E-state index contributed by atoms with van der Waals surface area (Å²) in [6, 6.07) is 12.2. The second-order valence-electron chi connectivity index (χ2n) is 8.04. The van der Waals surface area contributed by atoms with Gasteiger partial charge in [-0.05, 0) is 25.1 Å². The lowest BCUT2D eigenvalue weighted by Gasteiger charge is -2.34. The van der Waals surface area contributed by atoms with Crippen molar-refractivity contribution in [2.45, 2.75) is 19.4 Å². The van der Waals surface area contributed by atoms with E-state index in [2.05, 4.69) is 28.9 Å². The van der Waals surface area contributed by atoms with E-state index < -0.39 is 6.10 Å². The van der Waals surface area contributed by atoms with Crippen molar-refractivity contribution in [2.75, 3.05) is 52.4 Å². The van der Waals surface area contributed by atoms with Crippen molar-refractivity contribution in [1.82, 2.24) is 19.7 Å². The summed E-state index contributed by atoms with van der Waals surface area (Å²) in [5.41, 5.74) is 1.96. The second kappa shape index (κ2) is 8.55. The molecule has 2 fully saturated rings. The molecule has 0 saturated carbocycles. The van der Waals surface area contributed by atoms with Gasteiger partial charge in [0.1, 0.15) is 0 Å². The number of fused-ring (bicyclic) bond motifs is 1. The number of piperazine rings is 1. The number of amides is 1. The lowest BCUT2D eigenvalue weighted by molar-refractivity contribution is -0.132. The molecule has 2 aliphatic rings. The molecule has 0 radical (unpaired) electrons. The van der Waals surface area contributed by atoms with Gasteiger partial charge in [0, 0.05) is 56.3 Å². The molecule has 4 rings (SSSR count). The molecule has 0 aliphatic carbocycles. The number of likely N-dealkylation sites (tertiary alicyclic amines) is 1. The lowest BCUT2D eigenvalue weighted by atomic mass is 9.99. The molecule has 2 aromatic rings. The van der Waals surface area contributed by atoms with Gasteiger partial charge in [-0.2, -0.15) is 0 Å². The van der Waals surface area contributed by atoms with Crippen LogP contribution in [0.15, 0.2) is 36.4 Å². The molecule has 1 aromatic carbocycles. The fourth-order valence-corrected chi connectivity index (χ4v) is 4.30. The van der Waals surface area contributed by atoms with Crippen LogP contribution in [-0.2, 0) is 11.2 Å². The van der Waals surface area contributed by atoms with E-state index in [0.29, 0.717) is 26.1 Å². The van der Waals surface area contributed by atoms with Crippen LogP contribution < -0.4 is 0 Å². The standard InChI is InChI=1S/C22H30N4O2/c1-2-24-9-11-25(12-10-24)16-22(28)26-14-18(21(27)15-26)13-19-8-7-17-5-3-4-6-20(17)23-19/h3-8,18,21,27H,2,9-16H2,1H3/t18-,21-/m1/s1. The molecule has 2 atom stereocenters. The number of benzene rings is 1. The van der Waals surface area contributed by atoms with Crippen LogP contribution in [0.4, 0.5) is 0 Å². The molecular formula is C22H30N4O2. The zero-order valence-corrected chi connectivity index (χ0v) is 16.6. The maximum absolute atomic E-state index is 12.7. The topological polar surface area (TPSA) is 59.9 Å². The van der Waals surface area contributed by atoms with E-state index in [0.717, 1.165) is 49.3 Å². The smallest absolute Gasteiger partial charge is 0.236 e. The maximum Gasteiger partial charge on any atom is 0.236 e. The van der Waals surface area contributed by atoms with Gasteiger partial charge in [0.2, 0.25) is 5.91 Å². The quantitative estimate of drug-likeness (QED) is 0.843. The molecule has 0 bridgehead atoms. The average molecular weight is 383 g/mol. The predicted molar refractivity (Wildman–Crippen MR) is 110 cm³/mol. The van der Waals surface area contributed by atoms with Crippen LogP contribution >= 0.6 is 0 Å². The molecule has 2 aliphatic heterocycles. The lowest BCUT2D eigenvalue weighted by Crippen LogP contribution is -2.49. The monoisotopic (exact) mass is 382 g/mol. The van der Waals surface area contributed by atoms with Gasteiger partial charge >= 0.3 is 0 Å². The summed E-state index contributed by atoms with van der Waals surface area (Å²) < 4.78 is 0. The zero-order valence-electron chi connectivity index (χ0n) is 16.6. The van der Waals surface area contributed by atoms with Gasteiger partial charge in [-0.3, -0.25) is 14.7 Å². The number of likely N-dealkylation sites (N-methyl/N-ethyl adjacent to an activating group) is 1. The molecule has 1 N–H and O–H groups in total. The molecule has 1 amide bonds. The summed E-state index contributed by atoms with van der Waals surface area (Å²) in [6.45, 7) is 8.72. The molecule has 2 saturated heterocycles. The van der Waals surface area contributed by atoms with E-state index in [9.17, 15) is 9.90 Å². The molecule has 28 heavy (non-hydrogen) atoms. The van der Waals surface area contributed by atoms with Crippen molar-refractivity contribution in [3.8, 4) is 0 Å². The van der Waals surface area contributed by atoms with Crippen molar-refractivity contribution >= 4 is 16.8 Å². The van der Waals surface area contributed by atoms with Crippen molar-refractivity contribution < 1.29 is 9.90 Å². The Hall–Kier alpha value is -2.02. The fourth-order valence-electron chi connectivity index (χ4n) is 4.30. The average Bonchev–Trinajstić information content (AvgIpc) is 3.09. The number of rotatable bonds is 5. The summed E-state index contributed by atoms with van der Waals surface area (Å²) in [6.07, 6.45) is 0.222. The van der Waals surface area contributed by atoms with E-state index in [1.807, 2.05) is 29.2 Å². The number of carbonyl (C=O) groups excluding carboxylic acids is 1. The molecule has 0 unspecified atom stereocenters. The van der Waals surface area contributed by atoms with Gasteiger partial charge in [0.05, 0.1) is 18.2 Å². The van der Waals surface area contributed by atoms with Crippen LogP contribution in [0.2, 0.25) is 0 Å². The Morgan fingerprint density at radius 1 is 1.07 bits per heavy atom. The number of β-amino-alcohol motifs (C(OH)–C–C–N with tert-alkyl or cyclic N) is 1. The minimum Gasteiger partial charge on any atom is -0.391 e. The number of hydrogen-bond donors (Lipinski definition) is 1. The Kier molecular flexibility index (Phi) is 5.90. The minimum atomic E-state index is -0.478. The molecule has 6 heteroatoms. The Labute approximate surface area is 166 Å². The fraction of sp³-hybridized carbons (Fsp3) is 0.545. The van der Waals surface area contributed by atoms with E-state index >= 15 is 0 Å². The second-order valence-corrected chi connectivity index (χ2v) is 8.04. The largest absolute Gasteiger partial charge is 0.391 e. The number of hydrogen-bond acceptors (Lipinski definition) is 5. The third kappa shape index (κ3) is 4.35. The normalized spacial score (nSPS) is 24.1. The Bertz CT molecular complexity index is 819. The number of carbonyl (C=O) groups is 1. The Balaban J connectivity index is 1.32. The number of aliphatic hydroxyl groups excluding tert-OH is 1. The van der Waals surface area contributed by atoms with Crippen molar-refractivity contribution in [2.24, 2.45) is 5.92 Å². The third-order valence-electron chi connectivity index (χ3n) is 6.16.